The number of hydrogen-bond donors (Lipinski definition) is 3. The van der Waals surface area contributed by atoms with Crippen molar-refractivity contribution in [3.8, 4) is 11.3 Å². The topological polar surface area (TPSA) is 90.1 Å². The largest absolute Gasteiger partial charge is 0.375 e. The highest BCUT2D eigenvalue weighted by molar-refractivity contribution is 5.88. The fourth-order valence-electron chi connectivity index (χ4n) is 4.28. The number of aromatic nitrogens is 2. The number of carbonyl (C=O) groups is 2. The number of carbonyl (C=O) groups excluding carboxylic acids is 2. The summed E-state index contributed by atoms with van der Waals surface area (Å²) in [6.45, 7) is 15.9. The van der Waals surface area contributed by atoms with Crippen LogP contribution in [0.3, 0.4) is 0 Å². The number of hydrogen-bond acceptors (Lipinski definition) is 4. The molecule has 2 aromatic rings. The van der Waals surface area contributed by atoms with Gasteiger partial charge in [0.05, 0.1) is 17.9 Å². The molecule has 3 N–H and O–H groups in total. The molecule has 7 nitrogen and oxygen atoms in total. The zero-order valence-electron chi connectivity index (χ0n) is 22.2. The van der Waals surface area contributed by atoms with Crippen LogP contribution in [0.2, 0.25) is 0 Å². The molecule has 2 heterocycles. The summed E-state index contributed by atoms with van der Waals surface area (Å²) in [6.07, 6.45) is 5.19. The second kappa shape index (κ2) is 11.7. The third kappa shape index (κ3) is 7.67. The lowest BCUT2D eigenvalue weighted by Gasteiger charge is -2.26. The Morgan fingerprint density at radius 2 is 1.92 bits per heavy atom. The Labute approximate surface area is 214 Å². The summed E-state index contributed by atoms with van der Waals surface area (Å²) in [4.78, 5) is 35.6. The highest BCUT2D eigenvalue weighted by Crippen LogP contribution is 2.24. The van der Waals surface area contributed by atoms with Crippen molar-refractivity contribution in [3.05, 3.63) is 53.9 Å². The minimum atomic E-state index is -0.739. The molecule has 1 aromatic carbocycles. The summed E-state index contributed by atoms with van der Waals surface area (Å²) in [5, 5.41) is 5.88. The van der Waals surface area contributed by atoms with Gasteiger partial charge in [-0.15, -0.1) is 0 Å². The Morgan fingerprint density at radius 1 is 1.22 bits per heavy atom. The number of nitrogens with one attached hydrogen (secondary N) is 3. The second-order valence-corrected chi connectivity index (χ2v) is 11.0. The van der Waals surface area contributed by atoms with Crippen LogP contribution in [-0.2, 0) is 9.59 Å². The number of H-pyrrole nitrogens is 1. The molecule has 1 aliphatic heterocycles. The van der Waals surface area contributed by atoms with Crippen LogP contribution in [-0.4, -0.2) is 45.8 Å². The molecule has 1 saturated heterocycles. The summed E-state index contributed by atoms with van der Waals surface area (Å²) in [5.74, 6) is -0.275. The number of nitrogens with zero attached hydrogens (tertiary/aromatic N) is 2. The third-order valence-electron chi connectivity index (χ3n) is 6.53. The maximum absolute atomic E-state index is 14.4. The van der Waals surface area contributed by atoms with E-state index < -0.39 is 12.1 Å². The van der Waals surface area contributed by atoms with Crippen LogP contribution in [0.15, 0.2) is 36.7 Å². The highest BCUT2D eigenvalue weighted by atomic mass is 19.1. The Hall–Kier alpha value is -3.16. The lowest BCUT2D eigenvalue weighted by molar-refractivity contribution is -0.129. The number of benzene rings is 1. The quantitative estimate of drug-likeness (QED) is 0.430. The summed E-state index contributed by atoms with van der Waals surface area (Å²) in [6, 6.07) is 3.81. The van der Waals surface area contributed by atoms with Crippen LogP contribution in [0.5, 0.6) is 0 Å². The summed E-state index contributed by atoms with van der Waals surface area (Å²) >= 11 is 0. The average molecular weight is 498 g/mol. The Balaban J connectivity index is 1.69. The Kier molecular flexibility index (Phi) is 8.93. The van der Waals surface area contributed by atoms with Crippen molar-refractivity contribution in [2.24, 2.45) is 5.41 Å². The van der Waals surface area contributed by atoms with Crippen molar-refractivity contribution >= 4 is 11.8 Å². The van der Waals surface area contributed by atoms with E-state index in [2.05, 4.69) is 52.9 Å². The zero-order chi connectivity index (χ0) is 26.5. The van der Waals surface area contributed by atoms with Crippen LogP contribution in [0.1, 0.15) is 77.2 Å². The molecule has 1 aromatic heterocycles. The van der Waals surface area contributed by atoms with Gasteiger partial charge in [-0.1, -0.05) is 33.4 Å². The van der Waals surface area contributed by atoms with Gasteiger partial charge in [-0.2, -0.15) is 0 Å². The summed E-state index contributed by atoms with van der Waals surface area (Å²) in [7, 11) is 0. The number of imidazole rings is 1. The van der Waals surface area contributed by atoms with Crippen molar-refractivity contribution in [1.29, 1.82) is 0 Å². The van der Waals surface area contributed by atoms with Crippen molar-refractivity contribution in [2.75, 3.05) is 13.1 Å². The minimum Gasteiger partial charge on any atom is -0.375 e. The number of likely N-dealkylation sites (tertiary alicyclic amines) is 1. The first kappa shape index (κ1) is 27.4. The van der Waals surface area contributed by atoms with E-state index in [0.29, 0.717) is 29.9 Å². The van der Waals surface area contributed by atoms with Gasteiger partial charge in [-0.25, -0.2) is 9.37 Å². The first-order valence-corrected chi connectivity index (χ1v) is 12.8. The fraction of sp³-hybridized carbons (Fsp3) is 0.536. The predicted molar refractivity (Wildman–Crippen MR) is 140 cm³/mol. The molecule has 3 rings (SSSR count). The van der Waals surface area contributed by atoms with E-state index >= 15 is 0 Å². The highest BCUT2D eigenvalue weighted by Gasteiger charge is 2.27. The molecule has 0 spiro atoms. The molecule has 1 aliphatic rings. The van der Waals surface area contributed by atoms with Gasteiger partial charge in [0.15, 0.2) is 0 Å². The lowest BCUT2D eigenvalue weighted by atomic mass is 9.90. The van der Waals surface area contributed by atoms with Crippen molar-refractivity contribution < 1.29 is 14.0 Å². The first-order valence-electron chi connectivity index (χ1n) is 12.8. The minimum absolute atomic E-state index is 0.0245. The molecule has 2 amide bonds. The van der Waals surface area contributed by atoms with Gasteiger partial charge < -0.3 is 20.5 Å². The van der Waals surface area contributed by atoms with Gasteiger partial charge in [0.25, 0.3) is 0 Å². The van der Waals surface area contributed by atoms with Gasteiger partial charge in [0.1, 0.15) is 17.7 Å². The normalized spacial score (nSPS) is 15.4. The van der Waals surface area contributed by atoms with Gasteiger partial charge in [0, 0.05) is 37.2 Å². The Bertz CT molecular complexity index is 1080. The molecule has 2 atom stereocenters. The van der Waals surface area contributed by atoms with Gasteiger partial charge in [-0.3, -0.25) is 9.59 Å². The average Bonchev–Trinajstić information content (AvgIpc) is 3.49. The Morgan fingerprint density at radius 3 is 2.56 bits per heavy atom. The van der Waals surface area contributed by atoms with E-state index in [1.54, 1.807) is 19.2 Å². The summed E-state index contributed by atoms with van der Waals surface area (Å²) < 4.78 is 14.4. The van der Waals surface area contributed by atoms with Crippen LogP contribution in [0, 0.1) is 18.2 Å². The standard InChI is InChI=1S/C28H40FN5O2/c1-18-9-10-21(22(29)15-18)24-17-30-26(33-24)20(3)31-27(36)23(16-19(2)34-13-7-8-14-34)32-25(35)11-12-28(4,5)6/h9-10,15,17,20,23H,2,7-8,11-14,16H2,1,3-6H3,(H,30,33)(H,31,36)(H,32,35)/t20-,23-/m0/s1. The van der Waals surface area contributed by atoms with E-state index in [1.165, 1.54) is 6.07 Å². The van der Waals surface area contributed by atoms with E-state index in [0.717, 1.165) is 43.6 Å². The molecule has 0 aliphatic carbocycles. The molecule has 196 valence electrons. The lowest BCUT2D eigenvalue weighted by Crippen LogP contribution is -2.48. The van der Waals surface area contributed by atoms with E-state index in [1.807, 2.05) is 13.0 Å². The maximum Gasteiger partial charge on any atom is 0.243 e. The molecule has 0 saturated carbocycles. The van der Waals surface area contributed by atoms with Gasteiger partial charge in [-0.05, 0) is 56.2 Å². The summed E-state index contributed by atoms with van der Waals surface area (Å²) in [5.41, 5.74) is 2.67. The molecular formula is C28H40FN5O2. The number of aryl methyl sites for hydroxylation is 1. The van der Waals surface area contributed by atoms with Gasteiger partial charge >= 0.3 is 0 Å². The van der Waals surface area contributed by atoms with E-state index in [-0.39, 0.29) is 23.0 Å². The third-order valence-corrected chi connectivity index (χ3v) is 6.53. The molecule has 0 radical (unpaired) electrons. The zero-order valence-corrected chi connectivity index (χ0v) is 22.2. The maximum atomic E-state index is 14.4. The monoisotopic (exact) mass is 497 g/mol. The van der Waals surface area contributed by atoms with Crippen LogP contribution in [0.4, 0.5) is 4.39 Å². The van der Waals surface area contributed by atoms with Crippen molar-refractivity contribution in [3.63, 3.8) is 0 Å². The van der Waals surface area contributed by atoms with Gasteiger partial charge in [0.2, 0.25) is 11.8 Å². The molecule has 0 unspecified atom stereocenters. The van der Waals surface area contributed by atoms with Crippen LogP contribution >= 0.6 is 0 Å². The van der Waals surface area contributed by atoms with Crippen molar-refractivity contribution in [2.45, 2.75) is 78.8 Å². The van der Waals surface area contributed by atoms with E-state index in [4.69, 9.17) is 0 Å². The van der Waals surface area contributed by atoms with E-state index in [9.17, 15) is 14.0 Å². The SMILES string of the molecule is C=C(C[C@H](NC(=O)CCC(C)(C)C)C(=O)N[C@@H](C)c1ncc(-c2ccc(C)cc2F)[nH]1)N1CCCC1. The molecule has 0 bridgehead atoms. The number of aromatic amines is 1. The molecular weight excluding hydrogens is 457 g/mol. The number of amides is 2. The van der Waals surface area contributed by atoms with Crippen molar-refractivity contribution in [1.82, 2.24) is 25.5 Å². The number of halogens is 1. The number of rotatable bonds is 10. The second-order valence-electron chi connectivity index (χ2n) is 11.0. The molecule has 8 heteroatoms. The van der Waals surface area contributed by atoms with Crippen LogP contribution in [0.25, 0.3) is 11.3 Å². The molecule has 1 fully saturated rings. The van der Waals surface area contributed by atoms with Crippen LogP contribution < -0.4 is 10.6 Å². The first-order chi connectivity index (χ1) is 16.9. The predicted octanol–water partition coefficient (Wildman–Crippen LogP) is 5.01. The smallest absolute Gasteiger partial charge is 0.243 e. The molecule has 36 heavy (non-hydrogen) atoms. The fourth-order valence-corrected chi connectivity index (χ4v) is 4.28.